The zero-order valence-corrected chi connectivity index (χ0v) is 14.2. The number of rotatable bonds is 5. The monoisotopic (exact) mass is 325 g/mol. The third kappa shape index (κ3) is 3.47. The minimum atomic E-state index is -0.169. The molecule has 0 aliphatic carbocycles. The number of thioether (sulfide) groups is 1. The molecule has 0 saturated heterocycles. The lowest BCUT2D eigenvalue weighted by molar-refractivity contribution is -0.120. The van der Waals surface area contributed by atoms with Crippen LogP contribution >= 0.6 is 23.1 Å². The summed E-state index contributed by atoms with van der Waals surface area (Å²) in [6, 6.07) is 0. The Balaban J connectivity index is 2.17. The van der Waals surface area contributed by atoms with Gasteiger partial charge in [0.2, 0.25) is 5.91 Å². The topological polar surface area (TPSA) is 74.8 Å². The number of carbonyl (C=O) groups excluding carboxylic acids is 1. The highest BCUT2D eigenvalue weighted by molar-refractivity contribution is 7.99. The molecule has 2 aromatic rings. The lowest BCUT2D eigenvalue weighted by atomic mass is 10.2. The average molecular weight is 325 g/mol. The third-order valence-corrected chi connectivity index (χ3v) is 5.53. The van der Waals surface area contributed by atoms with Crippen LogP contribution in [0.15, 0.2) is 4.79 Å². The van der Waals surface area contributed by atoms with Crippen molar-refractivity contribution in [2.75, 3.05) is 6.54 Å². The van der Waals surface area contributed by atoms with Crippen molar-refractivity contribution in [1.82, 2.24) is 15.3 Å². The maximum Gasteiger partial charge on any atom is 0.259 e. The molecule has 114 valence electrons. The molecule has 0 aliphatic heterocycles. The van der Waals surface area contributed by atoms with E-state index < -0.39 is 0 Å². The number of nitrogens with zero attached hydrogens (tertiary/aromatic N) is 1. The summed E-state index contributed by atoms with van der Waals surface area (Å²) in [5, 5.41) is 3.30. The number of fused-ring (bicyclic) bond motifs is 1. The predicted octanol–water partition coefficient (Wildman–Crippen LogP) is 2.36. The Hall–Kier alpha value is -1.34. The summed E-state index contributed by atoms with van der Waals surface area (Å²) in [5.74, 6) is 1.14. The van der Waals surface area contributed by atoms with Crippen LogP contribution in [0.4, 0.5) is 0 Å². The molecule has 2 aromatic heterocycles. The molecule has 0 radical (unpaired) electrons. The van der Waals surface area contributed by atoms with Gasteiger partial charge in [-0.1, -0.05) is 0 Å². The molecule has 0 saturated carbocycles. The third-order valence-electron chi connectivity index (χ3n) is 3.28. The van der Waals surface area contributed by atoms with Gasteiger partial charge in [-0.3, -0.25) is 9.59 Å². The van der Waals surface area contributed by atoms with Gasteiger partial charge in [0, 0.05) is 11.4 Å². The Bertz CT molecular complexity index is 721. The van der Waals surface area contributed by atoms with Crippen LogP contribution in [0.3, 0.4) is 0 Å². The first kappa shape index (κ1) is 16.0. The Morgan fingerprint density at radius 2 is 2.19 bits per heavy atom. The van der Waals surface area contributed by atoms with Gasteiger partial charge in [0.15, 0.2) is 0 Å². The standard InChI is InChI=1S/C14H19N3O2S2/c1-5-15-12(18)9(4)20-6-10-16-13(19)11-7(2)8(3)21-14(11)17-10/h9H,5-6H2,1-4H3,(H,15,18)(H,16,17,19)/t9-/m1/s1. The minimum Gasteiger partial charge on any atom is -0.355 e. The van der Waals surface area contributed by atoms with E-state index >= 15 is 0 Å². The molecule has 5 nitrogen and oxygen atoms in total. The Morgan fingerprint density at radius 3 is 2.86 bits per heavy atom. The van der Waals surface area contributed by atoms with E-state index in [1.54, 1.807) is 0 Å². The molecule has 0 unspecified atom stereocenters. The quantitative estimate of drug-likeness (QED) is 0.885. The highest BCUT2D eigenvalue weighted by Crippen LogP contribution is 2.26. The Morgan fingerprint density at radius 1 is 1.48 bits per heavy atom. The van der Waals surface area contributed by atoms with E-state index in [9.17, 15) is 9.59 Å². The van der Waals surface area contributed by atoms with Crippen LogP contribution in [0.2, 0.25) is 0 Å². The summed E-state index contributed by atoms with van der Waals surface area (Å²) in [6.45, 7) is 8.30. The highest BCUT2D eigenvalue weighted by Gasteiger charge is 2.15. The van der Waals surface area contributed by atoms with Crippen LogP contribution in [0.25, 0.3) is 10.2 Å². The predicted molar refractivity (Wildman–Crippen MR) is 89.2 cm³/mol. The summed E-state index contributed by atoms with van der Waals surface area (Å²) in [5.41, 5.74) is 0.904. The van der Waals surface area contributed by atoms with Gasteiger partial charge in [0.1, 0.15) is 10.7 Å². The number of hydrogen-bond acceptors (Lipinski definition) is 5. The Labute approximate surface area is 131 Å². The van der Waals surface area contributed by atoms with Crippen LogP contribution in [0.5, 0.6) is 0 Å². The van der Waals surface area contributed by atoms with E-state index in [-0.39, 0.29) is 16.7 Å². The van der Waals surface area contributed by atoms with Crippen LogP contribution in [-0.2, 0) is 10.5 Å². The number of aromatic nitrogens is 2. The molecule has 7 heteroatoms. The number of H-pyrrole nitrogens is 1. The first-order valence-corrected chi connectivity index (χ1v) is 8.68. The van der Waals surface area contributed by atoms with Gasteiger partial charge in [0.25, 0.3) is 5.56 Å². The van der Waals surface area contributed by atoms with Crippen molar-refractivity contribution in [2.24, 2.45) is 0 Å². The molecule has 21 heavy (non-hydrogen) atoms. The summed E-state index contributed by atoms with van der Waals surface area (Å²) in [6.07, 6.45) is 0. The van der Waals surface area contributed by atoms with Crippen molar-refractivity contribution in [3.8, 4) is 0 Å². The van der Waals surface area contributed by atoms with Gasteiger partial charge in [-0.2, -0.15) is 0 Å². The fourth-order valence-electron chi connectivity index (χ4n) is 1.97. The molecular formula is C14H19N3O2S2. The van der Waals surface area contributed by atoms with E-state index in [1.807, 2.05) is 27.7 Å². The van der Waals surface area contributed by atoms with Crippen molar-refractivity contribution >= 4 is 39.2 Å². The summed E-state index contributed by atoms with van der Waals surface area (Å²) >= 11 is 3.00. The van der Waals surface area contributed by atoms with E-state index in [0.717, 1.165) is 15.3 Å². The fourth-order valence-corrected chi connectivity index (χ4v) is 3.79. The van der Waals surface area contributed by atoms with Gasteiger partial charge in [-0.15, -0.1) is 23.1 Å². The summed E-state index contributed by atoms with van der Waals surface area (Å²) in [7, 11) is 0. The molecule has 1 atom stereocenters. The summed E-state index contributed by atoms with van der Waals surface area (Å²) < 4.78 is 0. The second-order valence-corrected chi connectivity index (χ2v) is 7.36. The minimum absolute atomic E-state index is 0.00809. The molecule has 0 aliphatic rings. The van der Waals surface area contributed by atoms with Crippen molar-refractivity contribution in [3.05, 3.63) is 26.6 Å². The average Bonchev–Trinajstić information content (AvgIpc) is 2.72. The van der Waals surface area contributed by atoms with Gasteiger partial charge >= 0.3 is 0 Å². The zero-order valence-electron chi connectivity index (χ0n) is 12.6. The molecule has 2 N–H and O–H groups in total. The molecular weight excluding hydrogens is 306 g/mol. The smallest absolute Gasteiger partial charge is 0.259 e. The van der Waals surface area contributed by atoms with E-state index in [0.29, 0.717) is 23.5 Å². The van der Waals surface area contributed by atoms with Gasteiger partial charge in [-0.05, 0) is 33.3 Å². The maximum absolute atomic E-state index is 12.1. The van der Waals surface area contributed by atoms with Crippen LogP contribution in [0, 0.1) is 13.8 Å². The van der Waals surface area contributed by atoms with E-state index in [4.69, 9.17) is 0 Å². The van der Waals surface area contributed by atoms with Crippen LogP contribution in [-0.4, -0.2) is 27.7 Å². The number of carbonyl (C=O) groups is 1. The SMILES string of the molecule is CCNC(=O)[C@@H](C)SCc1nc2sc(C)c(C)c2c(=O)[nH]1. The second kappa shape index (κ2) is 6.62. The number of thiophene rings is 1. The van der Waals surface area contributed by atoms with Crippen LogP contribution < -0.4 is 10.9 Å². The largest absolute Gasteiger partial charge is 0.355 e. The van der Waals surface area contributed by atoms with E-state index in [1.165, 1.54) is 23.1 Å². The van der Waals surface area contributed by atoms with Gasteiger partial charge in [0.05, 0.1) is 16.4 Å². The van der Waals surface area contributed by atoms with Crippen LogP contribution in [0.1, 0.15) is 30.1 Å². The maximum atomic E-state index is 12.1. The van der Waals surface area contributed by atoms with Crippen molar-refractivity contribution < 1.29 is 4.79 Å². The van der Waals surface area contributed by atoms with Crippen molar-refractivity contribution in [1.29, 1.82) is 0 Å². The molecule has 0 spiro atoms. The molecule has 0 aromatic carbocycles. The first-order chi connectivity index (χ1) is 9.93. The molecule has 2 heterocycles. The number of nitrogens with one attached hydrogen (secondary N) is 2. The van der Waals surface area contributed by atoms with E-state index in [2.05, 4.69) is 15.3 Å². The number of aromatic amines is 1. The second-order valence-electron chi connectivity index (χ2n) is 4.82. The van der Waals surface area contributed by atoms with Crippen molar-refractivity contribution in [2.45, 2.75) is 38.7 Å². The lowest BCUT2D eigenvalue weighted by Crippen LogP contribution is -2.30. The Kier molecular flexibility index (Phi) is 5.05. The van der Waals surface area contributed by atoms with Gasteiger partial charge < -0.3 is 10.3 Å². The molecule has 2 rings (SSSR count). The fraction of sp³-hybridized carbons (Fsp3) is 0.500. The van der Waals surface area contributed by atoms with Gasteiger partial charge in [-0.25, -0.2) is 4.98 Å². The first-order valence-electron chi connectivity index (χ1n) is 6.82. The number of hydrogen-bond donors (Lipinski definition) is 2. The molecule has 1 amide bonds. The normalized spacial score (nSPS) is 12.6. The van der Waals surface area contributed by atoms with Crippen molar-refractivity contribution in [3.63, 3.8) is 0 Å². The molecule has 0 fully saturated rings. The zero-order chi connectivity index (χ0) is 15.6. The summed E-state index contributed by atoms with van der Waals surface area (Å²) in [4.78, 5) is 33.0. The number of aryl methyl sites for hydroxylation is 2. The lowest BCUT2D eigenvalue weighted by Gasteiger charge is -2.10. The highest BCUT2D eigenvalue weighted by atomic mass is 32.2. The molecule has 0 bridgehead atoms. The number of amides is 1.